The van der Waals surface area contributed by atoms with Gasteiger partial charge in [0.05, 0.1) is 0 Å². The molecule has 0 aromatic heterocycles. The predicted octanol–water partition coefficient (Wildman–Crippen LogP) is 2.57. The molecule has 14 heavy (non-hydrogen) atoms. The van der Waals surface area contributed by atoms with Crippen molar-refractivity contribution in [3.63, 3.8) is 0 Å². The molecule has 0 amide bonds. The van der Waals surface area contributed by atoms with Gasteiger partial charge in [-0.25, -0.2) is 0 Å². The Morgan fingerprint density at radius 3 is 2.50 bits per heavy atom. The number of nitrogen functional groups attached to an aromatic ring is 2. The molecular weight excluding hydrogens is 172 g/mol. The monoisotopic (exact) mass is 186 g/mol. The van der Waals surface area contributed by atoms with Crippen LogP contribution in [0.15, 0.2) is 30.3 Å². The maximum atomic E-state index is 5.90. The minimum absolute atomic E-state index is 0.796. The van der Waals surface area contributed by atoms with Crippen LogP contribution in [0, 0.1) is 0 Å². The fourth-order valence-corrected chi connectivity index (χ4v) is 1.69. The summed E-state index contributed by atoms with van der Waals surface area (Å²) in [5, 5.41) is 2.31. The van der Waals surface area contributed by atoms with Crippen LogP contribution < -0.4 is 11.5 Å². The number of rotatable bonds is 1. The van der Waals surface area contributed by atoms with Gasteiger partial charge in [0.25, 0.3) is 0 Å². The molecule has 2 aromatic carbocycles. The molecule has 0 fully saturated rings. The zero-order valence-electron chi connectivity index (χ0n) is 8.25. The van der Waals surface area contributed by atoms with E-state index in [4.69, 9.17) is 11.5 Å². The molecule has 0 aliphatic rings. The third-order valence-corrected chi connectivity index (χ3v) is 2.50. The summed E-state index contributed by atoms with van der Waals surface area (Å²) in [6, 6.07) is 10.00. The zero-order chi connectivity index (χ0) is 10.1. The molecule has 0 aliphatic carbocycles. The fraction of sp³-hybridized carbons (Fsp3) is 0.167. The van der Waals surface area contributed by atoms with Gasteiger partial charge in [-0.2, -0.15) is 0 Å². The first-order chi connectivity index (χ1) is 6.70. The molecule has 2 rings (SSSR count). The van der Waals surface area contributed by atoms with Crippen LogP contribution >= 0.6 is 0 Å². The van der Waals surface area contributed by atoms with Crippen LogP contribution in [0.1, 0.15) is 12.5 Å². The Morgan fingerprint density at radius 1 is 1.00 bits per heavy atom. The number of fused-ring (bicyclic) bond motifs is 1. The third kappa shape index (κ3) is 1.39. The lowest BCUT2D eigenvalue weighted by atomic mass is 10.0. The molecule has 0 unspecified atom stereocenters. The Kier molecular flexibility index (Phi) is 2.04. The first-order valence-electron chi connectivity index (χ1n) is 4.78. The average molecular weight is 186 g/mol. The quantitative estimate of drug-likeness (QED) is 0.672. The number of anilines is 2. The Hall–Kier alpha value is -1.70. The van der Waals surface area contributed by atoms with Gasteiger partial charge in [-0.05, 0) is 47.0 Å². The normalized spacial score (nSPS) is 10.6. The van der Waals surface area contributed by atoms with Crippen LogP contribution in [0.5, 0.6) is 0 Å². The van der Waals surface area contributed by atoms with Gasteiger partial charge in [0.15, 0.2) is 0 Å². The largest absolute Gasteiger partial charge is 0.399 e. The number of nitrogens with two attached hydrogens (primary N) is 2. The van der Waals surface area contributed by atoms with E-state index in [1.54, 1.807) is 0 Å². The lowest BCUT2D eigenvalue weighted by Crippen LogP contribution is -1.93. The molecule has 0 saturated heterocycles. The summed E-state index contributed by atoms with van der Waals surface area (Å²) in [5.41, 5.74) is 14.5. The molecule has 0 atom stereocenters. The second-order valence-electron chi connectivity index (χ2n) is 3.51. The number of hydrogen-bond donors (Lipinski definition) is 2. The molecule has 2 nitrogen and oxygen atoms in total. The van der Waals surface area contributed by atoms with Crippen LogP contribution in [0.2, 0.25) is 0 Å². The molecule has 0 heterocycles. The predicted molar refractivity (Wildman–Crippen MR) is 62.2 cm³/mol. The molecule has 0 spiro atoms. The van der Waals surface area contributed by atoms with E-state index < -0.39 is 0 Å². The van der Waals surface area contributed by atoms with E-state index in [1.807, 2.05) is 24.3 Å². The molecule has 2 aromatic rings. The lowest BCUT2D eigenvalue weighted by Gasteiger charge is -2.06. The highest BCUT2D eigenvalue weighted by Crippen LogP contribution is 2.24. The van der Waals surface area contributed by atoms with Crippen molar-refractivity contribution in [2.45, 2.75) is 13.3 Å². The van der Waals surface area contributed by atoms with E-state index in [0.29, 0.717) is 0 Å². The molecule has 0 aliphatic heterocycles. The van der Waals surface area contributed by atoms with Gasteiger partial charge in [-0.1, -0.05) is 13.0 Å². The molecule has 72 valence electrons. The molecule has 0 saturated carbocycles. The topological polar surface area (TPSA) is 52.0 Å². The smallest absolute Gasteiger partial charge is 0.0352 e. The van der Waals surface area contributed by atoms with Crippen molar-refractivity contribution >= 4 is 22.1 Å². The first-order valence-corrected chi connectivity index (χ1v) is 4.78. The summed E-state index contributed by atoms with van der Waals surface area (Å²) >= 11 is 0. The molecule has 0 radical (unpaired) electrons. The highest BCUT2D eigenvalue weighted by Gasteiger charge is 2.00. The average Bonchev–Trinajstić information content (AvgIpc) is 2.17. The molecule has 0 bridgehead atoms. The van der Waals surface area contributed by atoms with Crippen LogP contribution in [0.3, 0.4) is 0 Å². The van der Waals surface area contributed by atoms with Gasteiger partial charge in [0.1, 0.15) is 0 Å². The maximum Gasteiger partial charge on any atom is 0.0352 e. The molecule has 2 heteroatoms. The van der Waals surface area contributed by atoms with E-state index >= 15 is 0 Å². The first kappa shape index (κ1) is 8.88. The van der Waals surface area contributed by atoms with E-state index in [1.165, 1.54) is 5.56 Å². The van der Waals surface area contributed by atoms with Gasteiger partial charge in [-0.15, -0.1) is 0 Å². The Bertz CT molecular complexity index is 475. The van der Waals surface area contributed by atoms with Gasteiger partial charge >= 0.3 is 0 Å². The number of aryl methyl sites for hydroxylation is 1. The summed E-state index contributed by atoms with van der Waals surface area (Å²) in [6.07, 6.45) is 0.955. The summed E-state index contributed by atoms with van der Waals surface area (Å²) in [4.78, 5) is 0. The van der Waals surface area contributed by atoms with Crippen LogP contribution in [-0.4, -0.2) is 0 Å². The SMILES string of the molecule is CCc1cc2cc(N)ccc2cc1N. The van der Waals surface area contributed by atoms with Gasteiger partial charge in [0.2, 0.25) is 0 Å². The summed E-state index contributed by atoms with van der Waals surface area (Å²) < 4.78 is 0. The van der Waals surface area contributed by atoms with Crippen molar-refractivity contribution < 1.29 is 0 Å². The Labute approximate surface area is 83.5 Å². The molecule has 4 N–H and O–H groups in total. The summed E-state index contributed by atoms with van der Waals surface area (Å²) in [6.45, 7) is 2.10. The number of hydrogen-bond acceptors (Lipinski definition) is 2. The van der Waals surface area contributed by atoms with Gasteiger partial charge < -0.3 is 11.5 Å². The highest BCUT2D eigenvalue weighted by molar-refractivity contribution is 5.89. The standard InChI is InChI=1S/C12H14N2/c1-2-8-5-10-6-11(13)4-3-9(10)7-12(8)14/h3-7H,2,13-14H2,1H3. The van der Waals surface area contributed by atoms with Crippen molar-refractivity contribution in [2.75, 3.05) is 11.5 Å². The Morgan fingerprint density at radius 2 is 1.79 bits per heavy atom. The van der Waals surface area contributed by atoms with Gasteiger partial charge in [0, 0.05) is 11.4 Å². The number of benzene rings is 2. The summed E-state index contributed by atoms with van der Waals surface area (Å²) in [5.74, 6) is 0. The maximum absolute atomic E-state index is 5.90. The fourth-order valence-electron chi connectivity index (χ4n) is 1.69. The van der Waals surface area contributed by atoms with Crippen molar-refractivity contribution in [1.29, 1.82) is 0 Å². The third-order valence-electron chi connectivity index (χ3n) is 2.50. The molecular formula is C12H14N2. The lowest BCUT2D eigenvalue weighted by molar-refractivity contribution is 1.15. The zero-order valence-corrected chi connectivity index (χ0v) is 8.25. The van der Waals surface area contributed by atoms with E-state index in [2.05, 4.69) is 13.0 Å². The minimum atomic E-state index is 0.796. The van der Waals surface area contributed by atoms with Crippen molar-refractivity contribution in [2.24, 2.45) is 0 Å². The van der Waals surface area contributed by atoms with E-state index in [-0.39, 0.29) is 0 Å². The minimum Gasteiger partial charge on any atom is -0.399 e. The van der Waals surface area contributed by atoms with E-state index in [0.717, 1.165) is 28.6 Å². The second kappa shape index (κ2) is 3.22. The van der Waals surface area contributed by atoms with Crippen LogP contribution in [0.25, 0.3) is 10.8 Å². The van der Waals surface area contributed by atoms with Gasteiger partial charge in [-0.3, -0.25) is 0 Å². The van der Waals surface area contributed by atoms with Crippen LogP contribution in [0.4, 0.5) is 11.4 Å². The van der Waals surface area contributed by atoms with E-state index in [9.17, 15) is 0 Å². The Balaban J connectivity index is 2.73. The highest BCUT2D eigenvalue weighted by atomic mass is 14.6. The summed E-state index contributed by atoms with van der Waals surface area (Å²) in [7, 11) is 0. The van der Waals surface area contributed by atoms with Crippen molar-refractivity contribution in [3.05, 3.63) is 35.9 Å². The van der Waals surface area contributed by atoms with Crippen molar-refractivity contribution in [1.82, 2.24) is 0 Å². The second-order valence-corrected chi connectivity index (χ2v) is 3.51. The van der Waals surface area contributed by atoms with Crippen molar-refractivity contribution in [3.8, 4) is 0 Å². The van der Waals surface area contributed by atoms with Crippen LogP contribution in [-0.2, 0) is 6.42 Å².